The van der Waals surface area contributed by atoms with Gasteiger partial charge in [-0.3, -0.25) is 4.79 Å². The number of benzene rings is 2. The molecule has 0 bridgehead atoms. The number of amides is 3. The van der Waals surface area contributed by atoms with E-state index in [4.69, 9.17) is 14.6 Å². The van der Waals surface area contributed by atoms with E-state index in [1.807, 2.05) is 6.07 Å². The molecule has 2 aromatic carbocycles. The molecule has 3 aromatic rings. The molecule has 4 N–H and O–H groups in total. The number of aliphatic hydroxyl groups excluding tert-OH is 1. The van der Waals surface area contributed by atoms with Crippen molar-refractivity contribution in [1.82, 2.24) is 20.2 Å². The second-order valence-corrected chi connectivity index (χ2v) is 9.09. The lowest BCUT2D eigenvalue weighted by molar-refractivity contribution is -0.130. The molecule has 1 fully saturated rings. The van der Waals surface area contributed by atoms with E-state index in [2.05, 4.69) is 32.0 Å². The van der Waals surface area contributed by atoms with Crippen molar-refractivity contribution in [2.75, 3.05) is 44.0 Å². The molecule has 0 spiro atoms. The number of piperidine rings is 1. The van der Waals surface area contributed by atoms with E-state index in [1.165, 1.54) is 7.11 Å². The SMILES string of the molecule is COc1cc(NC(=O)NCCO)cc(Nc2nccc(-c3ccc(OC4CCN(C(C)=O)CC4)c(C#N)c3)n2)c1. The summed E-state index contributed by atoms with van der Waals surface area (Å²) in [6.07, 6.45) is 2.96. The molecule has 3 amide bonds. The first kappa shape index (κ1) is 28.1. The summed E-state index contributed by atoms with van der Waals surface area (Å²) < 4.78 is 11.5. The number of rotatable bonds is 9. The van der Waals surface area contributed by atoms with Gasteiger partial charge in [-0.25, -0.2) is 14.8 Å². The first-order chi connectivity index (χ1) is 19.4. The van der Waals surface area contributed by atoms with Gasteiger partial charge in [-0.2, -0.15) is 5.26 Å². The summed E-state index contributed by atoms with van der Waals surface area (Å²) in [5.74, 6) is 1.36. The Bertz CT molecular complexity index is 1400. The number of nitrogens with zero attached hydrogens (tertiary/aromatic N) is 4. The van der Waals surface area contributed by atoms with Gasteiger partial charge in [-0.1, -0.05) is 0 Å². The number of aromatic nitrogens is 2. The normalized spacial score (nSPS) is 13.2. The van der Waals surface area contributed by atoms with E-state index >= 15 is 0 Å². The van der Waals surface area contributed by atoms with Crippen LogP contribution in [0.2, 0.25) is 0 Å². The van der Waals surface area contributed by atoms with E-state index in [1.54, 1.807) is 54.4 Å². The molecule has 1 aliphatic heterocycles. The molecule has 40 heavy (non-hydrogen) atoms. The van der Waals surface area contributed by atoms with Crippen molar-refractivity contribution in [3.05, 3.63) is 54.2 Å². The summed E-state index contributed by atoms with van der Waals surface area (Å²) in [6, 6.07) is 13.9. The van der Waals surface area contributed by atoms with Crippen molar-refractivity contribution in [2.45, 2.75) is 25.9 Å². The number of methoxy groups -OCH3 is 1. The van der Waals surface area contributed by atoms with Crippen LogP contribution in [0.1, 0.15) is 25.3 Å². The summed E-state index contributed by atoms with van der Waals surface area (Å²) in [5, 5.41) is 27.0. The Morgan fingerprint density at radius 2 is 1.93 bits per heavy atom. The highest BCUT2D eigenvalue weighted by Gasteiger charge is 2.23. The average molecular weight is 546 g/mol. The number of anilines is 3. The largest absolute Gasteiger partial charge is 0.497 e. The standard InChI is InChI=1S/C28H31N7O5/c1-18(37)35-10-6-23(7-11-35)40-26-4-3-19(13-20(26)17-29)25-5-8-30-27(34-25)32-21-14-22(16-24(15-21)39-2)33-28(38)31-9-12-36/h3-5,8,13-16,23,36H,6-7,9-12H2,1-2H3,(H,30,32,34)(H2,31,33,38). The molecule has 2 heterocycles. The molecular formula is C28H31N7O5. The van der Waals surface area contributed by atoms with Gasteiger partial charge in [0.2, 0.25) is 11.9 Å². The van der Waals surface area contributed by atoms with Crippen molar-refractivity contribution < 1.29 is 24.2 Å². The van der Waals surface area contributed by atoms with Crippen LogP contribution >= 0.6 is 0 Å². The van der Waals surface area contributed by atoms with Gasteiger partial charge < -0.3 is 35.4 Å². The number of urea groups is 1. The van der Waals surface area contributed by atoms with Crippen LogP contribution < -0.4 is 25.4 Å². The lowest BCUT2D eigenvalue weighted by atomic mass is 10.1. The smallest absolute Gasteiger partial charge is 0.319 e. The molecule has 0 atom stereocenters. The number of nitriles is 1. The minimum atomic E-state index is -0.464. The van der Waals surface area contributed by atoms with Crippen LogP contribution in [-0.2, 0) is 4.79 Å². The molecule has 12 heteroatoms. The highest BCUT2D eigenvalue weighted by molar-refractivity contribution is 5.90. The van der Waals surface area contributed by atoms with E-state index in [0.29, 0.717) is 71.6 Å². The number of hydrogen-bond donors (Lipinski definition) is 4. The van der Waals surface area contributed by atoms with Gasteiger partial charge in [0.1, 0.15) is 23.7 Å². The number of carbonyl (C=O) groups excluding carboxylic acids is 2. The van der Waals surface area contributed by atoms with Crippen LogP contribution in [0.25, 0.3) is 11.3 Å². The number of ether oxygens (including phenoxy) is 2. The van der Waals surface area contributed by atoms with E-state index < -0.39 is 6.03 Å². The minimum absolute atomic E-state index is 0.0596. The van der Waals surface area contributed by atoms with Crippen LogP contribution in [0.4, 0.5) is 22.1 Å². The average Bonchev–Trinajstić information content (AvgIpc) is 2.96. The highest BCUT2D eigenvalue weighted by Crippen LogP contribution is 2.29. The fraction of sp³-hybridized carbons (Fsp3) is 0.321. The van der Waals surface area contributed by atoms with Crippen LogP contribution in [0.3, 0.4) is 0 Å². The second kappa shape index (κ2) is 13.3. The maximum absolute atomic E-state index is 12.0. The zero-order chi connectivity index (χ0) is 28.5. The van der Waals surface area contributed by atoms with Crippen LogP contribution in [0, 0.1) is 11.3 Å². The fourth-order valence-corrected chi connectivity index (χ4v) is 4.26. The third kappa shape index (κ3) is 7.36. The van der Waals surface area contributed by atoms with Crippen LogP contribution in [0.15, 0.2) is 48.7 Å². The van der Waals surface area contributed by atoms with Crippen molar-refractivity contribution >= 4 is 29.3 Å². The van der Waals surface area contributed by atoms with Gasteiger partial charge in [-0.15, -0.1) is 0 Å². The first-order valence-corrected chi connectivity index (χ1v) is 12.8. The number of carbonyl (C=O) groups is 2. The molecule has 1 saturated heterocycles. The summed E-state index contributed by atoms with van der Waals surface area (Å²) in [7, 11) is 1.51. The topological polar surface area (TPSA) is 162 Å². The number of aliphatic hydroxyl groups is 1. The van der Waals surface area contributed by atoms with Gasteiger partial charge in [0, 0.05) is 74.7 Å². The van der Waals surface area contributed by atoms with E-state index in [9.17, 15) is 14.9 Å². The van der Waals surface area contributed by atoms with Crippen LogP contribution in [-0.4, -0.2) is 71.4 Å². The molecule has 1 aromatic heterocycles. The molecule has 0 aliphatic carbocycles. The predicted molar refractivity (Wildman–Crippen MR) is 148 cm³/mol. The van der Waals surface area contributed by atoms with Gasteiger partial charge in [0.15, 0.2) is 0 Å². The van der Waals surface area contributed by atoms with Crippen molar-refractivity contribution in [3.8, 4) is 28.8 Å². The zero-order valence-electron chi connectivity index (χ0n) is 22.3. The van der Waals surface area contributed by atoms with Gasteiger partial charge in [-0.05, 0) is 30.3 Å². The molecule has 12 nitrogen and oxygen atoms in total. The summed E-state index contributed by atoms with van der Waals surface area (Å²) in [6.45, 7) is 2.80. The molecule has 4 rings (SSSR count). The Kier molecular flexibility index (Phi) is 9.32. The Balaban J connectivity index is 1.48. The van der Waals surface area contributed by atoms with Crippen molar-refractivity contribution in [2.24, 2.45) is 0 Å². The Morgan fingerprint density at radius 1 is 1.15 bits per heavy atom. The monoisotopic (exact) mass is 545 g/mol. The van der Waals surface area contributed by atoms with Gasteiger partial charge >= 0.3 is 6.03 Å². The lowest BCUT2D eigenvalue weighted by Crippen LogP contribution is -2.40. The van der Waals surface area contributed by atoms with E-state index in [-0.39, 0.29) is 25.2 Å². The fourth-order valence-electron chi connectivity index (χ4n) is 4.26. The number of nitrogens with one attached hydrogen (secondary N) is 3. The molecule has 0 radical (unpaired) electrons. The number of likely N-dealkylation sites (tertiary alicyclic amines) is 1. The first-order valence-electron chi connectivity index (χ1n) is 12.8. The van der Waals surface area contributed by atoms with Crippen molar-refractivity contribution in [3.63, 3.8) is 0 Å². The highest BCUT2D eigenvalue weighted by atomic mass is 16.5. The summed E-state index contributed by atoms with van der Waals surface area (Å²) in [4.78, 5) is 34.3. The van der Waals surface area contributed by atoms with E-state index in [0.717, 1.165) is 0 Å². The Labute approximate surface area is 232 Å². The molecule has 208 valence electrons. The van der Waals surface area contributed by atoms with Crippen LogP contribution in [0.5, 0.6) is 11.5 Å². The van der Waals surface area contributed by atoms with Gasteiger partial charge in [0.05, 0.1) is 25.0 Å². The zero-order valence-corrected chi connectivity index (χ0v) is 22.3. The Morgan fingerprint density at radius 3 is 2.62 bits per heavy atom. The van der Waals surface area contributed by atoms with Crippen molar-refractivity contribution in [1.29, 1.82) is 5.26 Å². The second-order valence-electron chi connectivity index (χ2n) is 9.09. The summed E-state index contributed by atoms with van der Waals surface area (Å²) >= 11 is 0. The predicted octanol–water partition coefficient (Wildman–Crippen LogP) is 3.27. The molecule has 1 aliphatic rings. The molecular weight excluding hydrogens is 514 g/mol. The third-order valence-electron chi connectivity index (χ3n) is 6.29. The molecule has 0 saturated carbocycles. The van der Waals surface area contributed by atoms with Gasteiger partial charge in [0.25, 0.3) is 0 Å². The maximum Gasteiger partial charge on any atom is 0.319 e. The Hall–Kier alpha value is -4.89. The quantitative estimate of drug-likeness (QED) is 0.316. The lowest BCUT2D eigenvalue weighted by Gasteiger charge is -2.31. The maximum atomic E-state index is 12.0. The molecule has 0 unspecified atom stereocenters. The minimum Gasteiger partial charge on any atom is -0.497 e. The number of hydrogen-bond acceptors (Lipinski definition) is 9. The third-order valence-corrected chi connectivity index (χ3v) is 6.29. The summed E-state index contributed by atoms with van der Waals surface area (Å²) in [5.41, 5.74) is 2.75.